The van der Waals surface area contributed by atoms with Gasteiger partial charge in [-0.2, -0.15) is 0 Å². The first kappa shape index (κ1) is 20.0. The molecule has 6 aromatic carbocycles. The molecule has 1 aromatic heterocycles. The lowest BCUT2D eigenvalue weighted by Gasteiger charge is -2.11. The molecule has 0 saturated carbocycles. The van der Waals surface area contributed by atoms with E-state index in [-0.39, 0.29) is 23.5 Å². The molecule has 0 aliphatic carbocycles. The minimum atomic E-state index is -0.471. The Hall–Kier alpha value is -4.93. The quantitative estimate of drug-likeness (QED) is 0.199. The number of aromatic nitrogens is 3. The predicted molar refractivity (Wildman–Crippen MR) is 172 cm³/mol. The van der Waals surface area contributed by atoms with Crippen molar-refractivity contribution in [2.24, 2.45) is 0 Å². The van der Waals surface area contributed by atoms with Crippen molar-refractivity contribution in [1.82, 2.24) is 15.0 Å². The molecule has 0 aliphatic heterocycles. The third kappa shape index (κ3) is 5.06. The number of halogens is 1. The Balaban J connectivity index is 1.36. The number of benzene rings is 6. The lowest BCUT2D eigenvalue weighted by molar-refractivity contribution is 1.07. The molecule has 0 bridgehead atoms. The average molecular weight is 596 g/mol. The molecule has 7 rings (SSSR count). The van der Waals surface area contributed by atoms with Crippen molar-refractivity contribution in [2.45, 2.75) is 0 Å². The Morgan fingerprint density at radius 1 is 0.415 bits per heavy atom. The molecular formula is C37H24BrN3. The van der Waals surface area contributed by atoms with E-state index in [2.05, 4.69) is 44.1 Å². The van der Waals surface area contributed by atoms with Crippen LogP contribution in [0.15, 0.2) is 150 Å². The number of fused-ring (bicyclic) bond motifs is 1. The number of nitrogens with zero attached hydrogens (tertiary/aromatic N) is 3. The molecule has 0 amide bonds. The summed E-state index contributed by atoms with van der Waals surface area (Å²) in [5, 5.41) is 2.24. The molecule has 0 aliphatic rings. The second kappa shape index (κ2) is 10.9. The van der Waals surface area contributed by atoms with Crippen LogP contribution in [0.1, 0.15) is 6.85 Å². The minimum absolute atomic E-state index is 0.00659. The third-order valence-corrected chi connectivity index (χ3v) is 7.63. The Bertz CT molecular complexity index is 2230. The Morgan fingerprint density at radius 3 is 1.54 bits per heavy atom. The van der Waals surface area contributed by atoms with Crippen LogP contribution in [0.3, 0.4) is 0 Å². The van der Waals surface area contributed by atoms with Crippen molar-refractivity contribution < 1.29 is 6.85 Å². The molecule has 0 fully saturated rings. The van der Waals surface area contributed by atoms with Gasteiger partial charge in [0, 0.05) is 21.2 Å². The van der Waals surface area contributed by atoms with Gasteiger partial charge in [0.15, 0.2) is 17.5 Å². The standard InChI is InChI=1S/C37H24BrN3/c38-34-24-23-31(32-13-7-8-14-33(32)34)27-17-21-30(22-18-27)37-40-35(28-11-5-2-6-12-28)39-36(41-37)29-19-15-26(16-20-29)25-9-3-1-4-10-25/h1-24H/i2D,5D,6D,11D,12D. The second-order valence-electron chi connectivity index (χ2n) is 9.47. The van der Waals surface area contributed by atoms with E-state index in [1.807, 2.05) is 97.1 Å². The molecule has 0 spiro atoms. The van der Waals surface area contributed by atoms with Crippen LogP contribution in [-0.2, 0) is 0 Å². The zero-order chi connectivity index (χ0) is 31.9. The van der Waals surface area contributed by atoms with E-state index < -0.39 is 18.1 Å². The summed E-state index contributed by atoms with van der Waals surface area (Å²) >= 11 is 3.65. The first-order valence-corrected chi connectivity index (χ1v) is 13.9. The van der Waals surface area contributed by atoms with E-state index >= 15 is 0 Å². The third-order valence-electron chi connectivity index (χ3n) is 6.93. The summed E-state index contributed by atoms with van der Waals surface area (Å²) in [7, 11) is 0. The van der Waals surface area contributed by atoms with E-state index in [0.29, 0.717) is 22.8 Å². The largest absolute Gasteiger partial charge is 0.208 e. The molecule has 0 N–H and O–H groups in total. The smallest absolute Gasteiger partial charge is 0.164 e. The molecule has 194 valence electrons. The second-order valence-corrected chi connectivity index (χ2v) is 10.3. The van der Waals surface area contributed by atoms with Gasteiger partial charge in [-0.3, -0.25) is 0 Å². The predicted octanol–water partition coefficient (Wildman–Crippen LogP) is 10.1. The Morgan fingerprint density at radius 2 is 0.902 bits per heavy atom. The van der Waals surface area contributed by atoms with Crippen LogP contribution in [0.4, 0.5) is 0 Å². The highest BCUT2D eigenvalue weighted by molar-refractivity contribution is 9.10. The number of rotatable bonds is 5. The SMILES string of the molecule is [2H]c1c([2H])c([2H])c(-c2nc(-c3ccc(-c4ccccc4)cc3)nc(-c3ccc(-c4ccc(Br)c5ccccc45)cc3)n2)c([2H])c1[2H]. The van der Waals surface area contributed by atoms with Crippen molar-refractivity contribution in [2.75, 3.05) is 0 Å². The van der Waals surface area contributed by atoms with Crippen LogP contribution in [-0.4, -0.2) is 15.0 Å². The Kier molecular flexibility index (Phi) is 5.33. The van der Waals surface area contributed by atoms with Gasteiger partial charge in [-0.15, -0.1) is 0 Å². The van der Waals surface area contributed by atoms with Crippen LogP contribution in [0.25, 0.3) is 67.2 Å². The minimum Gasteiger partial charge on any atom is -0.208 e. The van der Waals surface area contributed by atoms with Gasteiger partial charge in [-0.1, -0.05) is 155 Å². The summed E-state index contributed by atoms with van der Waals surface area (Å²) in [6.07, 6.45) is 0. The van der Waals surface area contributed by atoms with Gasteiger partial charge in [0.1, 0.15) is 0 Å². The van der Waals surface area contributed by atoms with Gasteiger partial charge < -0.3 is 0 Å². The fraction of sp³-hybridized carbons (Fsp3) is 0. The zero-order valence-electron chi connectivity index (χ0n) is 26.7. The maximum absolute atomic E-state index is 8.57. The number of hydrogen-bond donors (Lipinski definition) is 0. The molecule has 7 aromatic rings. The van der Waals surface area contributed by atoms with Crippen molar-refractivity contribution in [3.8, 4) is 56.4 Å². The summed E-state index contributed by atoms with van der Waals surface area (Å²) in [6, 6.07) is 35.9. The van der Waals surface area contributed by atoms with Crippen LogP contribution >= 0.6 is 15.9 Å². The summed E-state index contributed by atoms with van der Waals surface area (Å²) in [4.78, 5) is 14.1. The van der Waals surface area contributed by atoms with Gasteiger partial charge in [0.05, 0.1) is 6.85 Å². The highest BCUT2D eigenvalue weighted by Gasteiger charge is 2.13. The maximum atomic E-state index is 8.57. The topological polar surface area (TPSA) is 38.7 Å². The van der Waals surface area contributed by atoms with Crippen molar-refractivity contribution >= 4 is 26.7 Å². The molecule has 0 unspecified atom stereocenters. The molecule has 4 heteroatoms. The van der Waals surface area contributed by atoms with E-state index in [1.165, 1.54) is 0 Å². The molecule has 41 heavy (non-hydrogen) atoms. The van der Waals surface area contributed by atoms with Crippen LogP contribution in [0.5, 0.6) is 0 Å². The molecule has 3 nitrogen and oxygen atoms in total. The first-order valence-electron chi connectivity index (χ1n) is 15.6. The lowest BCUT2D eigenvalue weighted by Crippen LogP contribution is -2.00. The molecule has 0 radical (unpaired) electrons. The molecular weight excluding hydrogens is 566 g/mol. The fourth-order valence-electron chi connectivity index (χ4n) is 4.86. The van der Waals surface area contributed by atoms with E-state index in [4.69, 9.17) is 11.8 Å². The van der Waals surface area contributed by atoms with Crippen LogP contribution in [0, 0.1) is 0 Å². The zero-order valence-corrected chi connectivity index (χ0v) is 23.3. The van der Waals surface area contributed by atoms with Gasteiger partial charge in [0.2, 0.25) is 0 Å². The van der Waals surface area contributed by atoms with Crippen molar-refractivity contribution in [1.29, 1.82) is 0 Å². The summed E-state index contributed by atoms with van der Waals surface area (Å²) < 4.78 is 42.7. The summed E-state index contributed by atoms with van der Waals surface area (Å²) in [5.41, 5.74) is 5.53. The highest BCUT2D eigenvalue weighted by atomic mass is 79.9. The normalized spacial score (nSPS) is 12.8. The molecule has 1 heterocycles. The Labute approximate surface area is 254 Å². The monoisotopic (exact) mass is 594 g/mol. The highest BCUT2D eigenvalue weighted by Crippen LogP contribution is 2.34. The summed E-state index contributed by atoms with van der Waals surface area (Å²) in [6.45, 7) is 0. The molecule has 0 atom stereocenters. The van der Waals surface area contributed by atoms with Crippen LogP contribution < -0.4 is 0 Å². The van der Waals surface area contributed by atoms with Crippen molar-refractivity contribution in [3.05, 3.63) is 150 Å². The maximum Gasteiger partial charge on any atom is 0.164 e. The van der Waals surface area contributed by atoms with E-state index in [9.17, 15) is 0 Å². The lowest BCUT2D eigenvalue weighted by atomic mass is 9.97. The first-order chi connectivity index (χ1) is 22.3. The van der Waals surface area contributed by atoms with Gasteiger partial charge in [-0.05, 0) is 39.1 Å². The van der Waals surface area contributed by atoms with E-state index in [0.717, 1.165) is 37.5 Å². The van der Waals surface area contributed by atoms with Gasteiger partial charge >= 0.3 is 0 Å². The fourth-order valence-corrected chi connectivity index (χ4v) is 5.34. The van der Waals surface area contributed by atoms with Crippen LogP contribution in [0.2, 0.25) is 0 Å². The average Bonchev–Trinajstić information content (AvgIpc) is 3.11. The van der Waals surface area contributed by atoms with E-state index in [1.54, 1.807) is 0 Å². The van der Waals surface area contributed by atoms with Gasteiger partial charge in [0.25, 0.3) is 0 Å². The molecule has 0 saturated heterocycles. The van der Waals surface area contributed by atoms with Gasteiger partial charge in [-0.25, -0.2) is 15.0 Å². The van der Waals surface area contributed by atoms with Crippen molar-refractivity contribution in [3.63, 3.8) is 0 Å². The number of hydrogen-bond acceptors (Lipinski definition) is 3. The summed E-state index contributed by atoms with van der Waals surface area (Å²) in [5.74, 6) is 0.660.